The monoisotopic (exact) mass is 309 g/mol. The number of pyridine rings is 1. The summed E-state index contributed by atoms with van der Waals surface area (Å²) in [4.78, 5) is 12.0. The maximum Gasteiger partial charge on any atom is 0.272 e. The molecule has 0 saturated heterocycles. The number of anilines is 1. The number of carbonyl (C=O) groups is 1. The summed E-state index contributed by atoms with van der Waals surface area (Å²) in [5, 5.41) is 0. The predicted octanol–water partition coefficient (Wildman–Crippen LogP) is 2.34. The zero-order valence-corrected chi connectivity index (χ0v) is 11.0. The maximum atomic E-state index is 13.1. The molecule has 0 aliphatic heterocycles. The normalized spacial score (nSPS) is 10.3. The van der Waals surface area contributed by atoms with Crippen LogP contribution in [-0.4, -0.2) is 5.78 Å². The summed E-state index contributed by atoms with van der Waals surface area (Å²) in [5.74, 6) is -0.195. The standard InChI is InChI=1S/C13H10BrFN2O/c14-10-3-1-9(2-4-10)12(18)8-17-7-11(15)5-6-13(17)16/h1-7,16H,8H2/p+1. The predicted molar refractivity (Wildman–Crippen MR) is 69.5 cm³/mol. The maximum absolute atomic E-state index is 13.1. The van der Waals surface area contributed by atoms with Gasteiger partial charge in [0.1, 0.15) is 6.20 Å². The fraction of sp³-hybridized carbons (Fsp3) is 0.0769. The Kier molecular flexibility index (Phi) is 3.72. The number of aromatic nitrogens is 1. The first-order valence-corrected chi connectivity index (χ1v) is 6.09. The Morgan fingerprint density at radius 1 is 1.22 bits per heavy atom. The van der Waals surface area contributed by atoms with E-state index < -0.39 is 5.82 Å². The van der Waals surface area contributed by atoms with Crippen LogP contribution in [0, 0.1) is 5.82 Å². The first-order chi connectivity index (χ1) is 8.56. The Hall–Kier alpha value is -1.75. The largest absolute Gasteiger partial charge is 0.290 e. The highest BCUT2D eigenvalue weighted by Gasteiger charge is 2.13. The lowest BCUT2D eigenvalue weighted by Gasteiger charge is -2.03. The highest BCUT2D eigenvalue weighted by atomic mass is 79.9. The molecule has 0 aliphatic carbocycles. The molecule has 0 unspecified atom stereocenters. The van der Waals surface area contributed by atoms with Gasteiger partial charge in [-0.15, -0.1) is 0 Å². The van der Waals surface area contributed by atoms with E-state index in [-0.39, 0.29) is 12.3 Å². The lowest BCUT2D eigenvalue weighted by Crippen LogP contribution is -2.40. The van der Waals surface area contributed by atoms with Crippen LogP contribution in [0.1, 0.15) is 10.4 Å². The average molecular weight is 310 g/mol. The second kappa shape index (κ2) is 5.27. The number of carbonyl (C=O) groups excluding carboxylic acids is 1. The zero-order chi connectivity index (χ0) is 13.1. The van der Waals surface area contributed by atoms with Crippen LogP contribution >= 0.6 is 15.9 Å². The molecule has 2 aromatic rings. The molecule has 1 aromatic heterocycles. The molecule has 1 heterocycles. The molecule has 3 nitrogen and oxygen atoms in total. The minimum Gasteiger partial charge on any atom is -0.290 e. The van der Waals surface area contributed by atoms with Gasteiger partial charge >= 0.3 is 0 Å². The quantitative estimate of drug-likeness (QED) is 0.699. The van der Waals surface area contributed by atoms with Gasteiger partial charge in [0.2, 0.25) is 5.78 Å². The summed E-state index contributed by atoms with van der Waals surface area (Å²) >= 11 is 3.30. The minimum atomic E-state index is -0.423. The van der Waals surface area contributed by atoms with Gasteiger partial charge in [-0.25, -0.2) is 8.96 Å². The van der Waals surface area contributed by atoms with Crippen molar-refractivity contribution in [2.45, 2.75) is 6.54 Å². The van der Waals surface area contributed by atoms with Gasteiger partial charge in [-0.2, -0.15) is 0 Å². The van der Waals surface area contributed by atoms with Crippen molar-refractivity contribution in [1.82, 2.24) is 0 Å². The van der Waals surface area contributed by atoms with Gasteiger partial charge in [0.25, 0.3) is 5.82 Å². The van der Waals surface area contributed by atoms with Crippen LogP contribution in [0.3, 0.4) is 0 Å². The Morgan fingerprint density at radius 3 is 2.56 bits per heavy atom. The number of hydrogen-bond acceptors (Lipinski definition) is 2. The minimum absolute atomic E-state index is 0.0191. The van der Waals surface area contributed by atoms with Gasteiger partial charge in [0.15, 0.2) is 12.4 Å². The van der Waals surface area contributed by atoms with E-state index in [2.05, 4.69) is 15.9 Å². The molecule has 0 saturated carbocycles. The second-order valence-corrected chi connectivity index (χ2v) is 4.75. The van der Waals surface area contributed by atoms with E-state index in [1.165, 1.54) is 22.9 Å². The molecule has 0 atom stereocenters. The zero-order valence-electron chi connectivity index (χ0n) is 9.44. The van der Waals surface area contributed by atoms with Gasteiger partial charge in [0, 0.05) is 16.1 Å². The molecular formula is C13H11BrFN2O+. The van der Waals surface area contributed by atoms with Crippen molar-refractivity contribution < 1.29 is 13.8 Å². The third kappa shape index (κ3) is 2.92. The summed E-state index contributed by atoms with van der Waals surface area (Å²) in [5.41, 5.74) is 6.24. The van der Waals surface area contributed by atoms with Crippen LogP contribution < -0.4 is 10.3 Å². The molecule has 0 spiro atoms. The van der Waals surface area contributed by atoms with E-state index in [0.717, 1.165) is 4.47 Å². The third-order valence-corrected chi connectivity index (χ3v) is 3.03. The number of halogens is 2. The van der Waals surface area contributed by atoms with Crippen LogP contribution in [0.25, 0.3) is 0 Å². The third-order valence-electron chi connectivity index (χ3n) is 2.50. The number of benzene rings is 1. The molecule has 92 valence electrons. The van der Waals surface area contributed by atoms with Crippen LogP contribution in [0.15, 0.2) is 47.1 Å². The molecule has 0 radical (unpaired) electrons. The van der Waals surface area contributed by atoms with Crippen molar-refractivity contribution in [2.75, 3.05) is 5.73 Å². The van der Waals surface area contributed by atoms with E-state index >= 15 is 0 Å². The smallest absolute Gasteiger partial charge is 0.272 e. The molecule has 5 heteroatoms. The van der Waals surface area contributed by atoms with Crippen LogP contribution in [0.4, 0.5) is 10.2 Å². The summed E-state index contributed by atoms with van der Waals surface area (Å²) in [6.07, 6.45) is 1.21. The van der Waals surface area contributed by atoms with Crippen molar-refractivity contribution in [2.24, 2.45) is 0 Å². The number of Topliss-reactive ketones (excluding diaryl/α,β-unsaturated/α-hetero) is 1. The van der Waals surface area contributed by atoms with E-state index in [1.54, 1.807) is 24.3 Å². The summed E-state index contributed by atoms with van der Waals surface area (Å²) in [6.45, 7) is 0.0191. The van der Waals surface area contributed by atoms with Crippen molar-refractivity contribution in [3.8, 4) is 0 Å². The highest BCUT2D eigenvalue weighted by molar-refractivity contribution is 9.10. The molecule has 1 aromatic carbocycles. The molecular weight excluding hydrogens is 299 g/mol. The van der Waals surface area contributed by atoms with E-state index in [1.807, 2.05) is 0 Å². The van der Waals surface area contributed by atoms with Crippen molar-refractivity contribution in [3.05, 3.63) is 58.4 Å². The van der Waals surface area contributed by atoms with Gasteiger partial charge < -0.3 is 0 Å². The fourth-order valence-electron chi connectivity index (χ4n) is 1.55. The van der Waals surface area contributed by atoms with Gasteiger partial charge in [-0.1, -0.05) is 28.1 Å². The molecule has 0 bridgehead atoms. The molecule has 2 N–H and O–H groups in total. The van der Waals surface area contributed by atoms with Crippen molar-refractivity contribution in [3.63, 3.8) is 0 Å². The van der Waals surface area contributed by atoms with E-state index in [4.69, 9.17) is 5.73 Å². The molecule has 0 aliphatic rings. The second-order valence-electron chi connectivity index (χ2n) is 3.83. The first kappa shape index (κ1) is 12.7. The summed E-state index contributed by atoms with van der Waals surface area (Å²) < 4.78 is 15.3. The van der Waals surface area contributed by atoms with Gasteiger partial charge in [0.05, 0.1) is 0 Å². The van der Waals surface area contributed by atoms with Crippen LogP contribution in [0.2, 0.25) is 0 Å². The number of rotatable bonds is 3. The van der Waals surface area contributed by atoms with Crippen LogP contribution in [-0.2, 0) is 6.54 Å². The molecule has 0 fully saturated rings. The summed E-state index contributed by atoms with van der Waals surface area (Å²) in [7, 11) is 0. The Morgan fingerprint density at radius 2 is 1.89 bits per heavy atom. The number of nitrogens with zero attached hydrogens (tertiary/aromatic N) is 1. The number of nitrogen functional groups attached to an aromatic ring is 1. The van der Waals surface area contributed by atoms with E-state index in [0.29, 0.717) is 11.4 Å². The number of hydrogen-bond donors (Lipinski definition) is 1. The van der Waals surface area contributed by atoms with Gasteiger partial charge in [-0.05, 0) is 18.2 Å². The Balaban J connectivity index is 2.21. The summed E-state index contributed by atoms with van der Waals surface area (Å²) in [6, 6.07) is 9.69. The molecule has 0 amide bonds. The van der Waals surface area contributed by atoms with Gasteiger partial charge in [-0.3, -0.25) is 10.5 Å². The lowest BCUT2D eigenvalue weighted by molar-refractivity contribution is -0.670. The Labute approximate surface area is 112 Å². The Bertz CT molecular complexity index is 584. The van der Waals surface area contributed by atoms with Crippen molar-refractivity contribution in [1.29, 1.82) is 0 Å². The topological polar surface area (TPSA) is 47.0 Å². The first-order valence-electron chi connectivity index (χ1n) is 5.29. The molecule has 2 rings (SSSR count). The molecule has 18 heavy (non-hydrogen) atoms. The van der Waals surface area contributed by atoms with Crippen LogP contribution in [0.5, 0.6) is 0 Å². The lowest BCUT2D eigenvalue weighted by atomic mass is 10.1. The number of nitrogens with two attached hydrogens (primary N) is 1. The fourth-order valence-corrected chi connectivity index (χ4v) is 1.81. The van der Waals surface area contributed by atoms with E-state index in [9.17, 15) is 9.18 Å². The SMILES string of the molecule is Nc1ccc(F)c[n+]1CC(=O)c1ccc(Br)cc1. The number of ketones is 1. The highest BCUT2D eigenvalue weighted by Crippen LogP contribution is 2.11. The van der Waals surface area contributed by atoms with Crippen molar-refractivity contribution >= 4 is 27.5 Å². The average Bonchev–Trinajstić information content (AvgIpc) is 2.34.